The first kappa shape index (κ1) is 14.5. The van der Waals surface area contributed by atoms with E-state index in [2.05, 4.69) is 4.98 Å². The fraction of sp³-hybridized carbons (Fsp3) is 0.389. The standard InChI is InChI=1S/C18H17N3O4/c1-24-15-7-12(4-5-13(15)14-8-25-9-19-14)21-17(22)16-10-2-3-11(6-10)20(16)18(21)23/h4-5,7-11,16H,2-3,6H2,1H3/t10-,11+,16-/m1/s1. The topological polar surface area (TPSA) is 75.9 Å². The van der Waals surface area contributed by atoms with Crippen LogP contribution in [0.2, 0.25) is 0 Å². The van der Waals surface area contributed by atoms with Crippen molar-refractivity contribution in [1.29, 1.82) is 0 Å². The van der Waals surface area contributed by atoms with Crippen molar-refractivity contribution in [2.45, 2.75) is 31.3 Å². The van der Waals surface area contributed by atoms with Gasteiger partial charge in [-0.2, -0.15) is 0 Å². The summed E-state index contributed by atoms with van der Waals surface area (Å²) in [7, 11) is 1.55. The lowest BCUT2D eigenvalue weighted by molar-refractivity contribution is -0.120. The molecule has 2 aliphatic heterocycles. The van der Waals surface area contributed by atoms with E-state index >= 15 is 0 Å². The van der Waals surface area contributed by atoms with Gasteiger partial charge in [-0.1, -0.05) is 0 Å². The number of imide groups is 1. The normalized spacial score (nSPS) is 27.3. The van der Waals surface area contributed by atoms with E-state index in [1.165, 1.54) is 17.6 Å². The lowest BCUT2D eigenvalue weighted by Crippen LogP contribution is -2.40. The van der Waals surface area contributed by atoms with Crippen LogP contribution in [0.5, 0.6) is 5.75 Å². The molecule has 1 aromatic carbocycles. The lowest BCUT2D eigenvalue weighted by Gasteiger charge is -2.25. The van der Waals surface area contributed by atoms with Crippen molar-refractivity contribution in [3.63, 3.8) is 0 Å². The van der Waals surface area contributed by atoms with Gasteiger partial charge in [-0.25, -0.2) is 14.7 Å². The number of fused-ring (bicyclic) bond motifs is 5. The molecular formula is C18H17N3O4. The highest BCUT2D eigenvalue weighted by Gasteiger charge is 2.59. The highest BCUT2D eigenvalue weighted by molar-refractivity contribution is 6.22. The average molecular weight is 339 g/mol. The first-order chi connectivity index (χ1) is 12.2. The van der Waals surface area contributed by atoms with Gasteiger partial charge in [-0.05, 0) is 37.3 Å². The number of carbonyl (C=O) groups is 2. The SMILES string of the molecule is COc1cc(N2C(=O)[C@H]3[C@@H]4CC[C@@H](C4)N3C2=O)ccc1-c1cocn1. The number of benzene rings is 1. The summed E-state index contributed by atoms with van der Waals surface area (Å²) in [5.74, 6) is 0.734. The smallest absolute Gasteiger partial charge is 0.332 e. The van der Waals surface area contributed by atoms with Crippen LogP contribution in [0.3, 0.4) is 0 Å². The van der Waals surface area contributed by atoms with Crippen molar-refractivity contribution in [3.05, 3.63) is 30.9 Å². The van der Waals surface area contributed by atoms with Gasteiger partial charge < -0.3 is 14.1 Å². The van der Waals surface area contributed by atoms with Gasteiger partial charge in [-0.3, -0.25) is 4.79 Å². The van der Waals surface area contributed by atoms with Crippen LogP contribution in [0.4, 0.5) is 10.5 Å². The van der Waals surface area contributed by atoms with Crippen LogP contribution < -0.4 is 9.64 Å². The quantitative estimate of drug-likeness (QED) is 0.804. The average Bonchev–Trinajstić information content (AvgIpc) is 3.39. The summed E-state index contributed by atoms with van der Waals surface area (Å²) >= 11 is 0. The molecule has 3 amide bonds. The minimum Gasteiger partial charge on any atom is -0.496 e. The summed E-state index contributed by atoms with van der Waals surface area (Å²) in [6.07, 6.45) is 5.87. The number of oxazole rings is 1. The summed E-state index contributed by atoms with van der Waals surface area (Å²) in [5, 5.41) is 0. The van der Waals surface area contributed by atoms with Crippen molar-refractivity contribution < 1.29 is 18.7 Å². The number of anilines is 1. The maximum Gasteiger partial charge on any atom is 0.332 e. The van der Waals surface area contributed by atoms with E-state index < -0.39 is 0 Å². The molecule has 0 unspecified atom stereocenters. The number of hydrogen-bond donors (Lipinski definition) is 0. The van der Waals surface area contributed by atoms with Crippen LogP contribution in [0.15, 0.2) is 35.3 Å². The minimum atomic E-state index is -0.285. The predicted molar refractivity (Wildman–Crippen MR) is 88.1 cm³/mol. The number of piperidine rings is 1. The zero-order valence-corrected chi connectivity index (χ0v) is 13.7. The molecule has 7 nitrogen and oxygen atoms in total. The van der Waals surface area contributed by atoms with Gasteiger partial charge in [0, 0.05) is 17.7 Å². The molecule has 0 N–H and O–H groups in total. The van der Waals surface area contributed by atoms with E-state index in [9.17, 15) is 9.59 Å². The summed E-state index contributed by atoms with van der Waals surface area (Å²) in [4.78, 5) is 33.0. The first-order valence-electron chi connectivity index (χ1n) is 8.42. The van der Waals surface area contributed by atoms with E-state index in [1.54, 1.807) is 30.2 Å². The summed E-state index contributed by atoms with van der Waals surface area (Å²) < 4.78 is 10.5. The van der Waals surface area contributed by atoms with Gasteiger partial charge in [-0.15, -0.1) is 0 Å². The Labute approximate surface area is 144 Å². The van der Waals surface area contributed by atoms with Crippen LogP contribution in [-0.4, -0.2) is 41.0 Å². The van der Waals surface area contributed by atoms with Gasteiger partial charge >= 0.3 is 6.03 Å². The van der Waals surface area contributed by atoms with Gasteiger partial charge in [0.15, 0.2) is 6.39 Å². The van der Waals surface area contributed by atoms with Gasteiger partial charge in [0.2, 0.25) is 0 Å². The van der Waals surface area contributed by atoms with Gasteiger partial charge in [0.1, 0.15) is 23.7 Å². The molecule has 2 aromatic rings. The Balaban J connectivity index is 1.54. The van der Waals surface area contributed by atoms with E-state index in [1.807, 2.05) is 0 Å². The Morgan fingerprint density at radius 1 is 1.28 bits per heavy atom. The molecule has 3 fully saturated rings. The van der Waals surface area contributed by atoms with Crippen molar-refractivity contribution >= 4 is 17.6 Å². The molecule has 0 radical (unpaired) electrons. The monoisotopic (exact) mass is 339 g/mol. The maximum absolute atomic E-state index is 12.9. The number of aromatic nitrogens is 1. The molecular weight excluding hydrogens is 322 g/mol. The predicted octanol–water partition coefficient (Wildman–Crippen LogP) is 2.67. The third kappa shape index (κ3) is 1.89. The number of ether oxygens (including phenoxy) is 1. The number of amides is 3. The Morgan fingerprint density at radius 2 is 2.16 bits per heavy atom. The summed E-state index contributed by atoms with van der Waals surface area (Å²) in [5.41, 5.74) is 1.92. The van der Waals surface area contributed by atoms with Crippen molar-refractivity contribution in [2.75, 3.05) is 12.0 Å². The third-order valence-corrected chi connectivity index (χ3v) is 5.62. The molecule has 1 aliphatic carbocycles. The number of hydrogen-bond acceptors (Lipinski definition) is 5. The highest BCUT2D eigenvalue weighted by Crippen LogP contribution is 2.47. The van der Waals surface area contributed by atoms with Crippen LogP contribution >= 0.6 is 0 Å². The molecule has 7 heteroatoms. The molecule has 5 rings (SSSR count). The molecule has 2 bridgehead atoms. The second-order valence-electron chi connectivity index (χ2n) is 6.79. The fourth-order valence-electron chi connectivity index (χ4n) is 4.54. The number of urea groups is 1. The highest BCUT2D eigenvalue weighted by atomic mass is 16.5. The van der Waals surface area contributed by atoms with Crippen LogP contribution in [0, 0.1) is 5.92 Å². The Bertz CT molecular complexity index is 835. The van der Waals surface area contributed by atoms with Crippen LogP contribution in [0.1, 0.15) is 19.3 Å². The zero-order chi connectivity index (χ0) is 17.1. The largest absolute Gasteiger partial charge is 0.496 e. The second kappa shape index (κ2) is 5.08. The summed E-state index contributed by atoms with van der Waals surface area (Å²) in [6.45, 7) is 0. The van der Waals surface area contributed by atoms with Gasteiger partial charge in [0.25, 0.3) is 5.91 Å². The number of rotatable bonds is 3. The molecule has 0 spiro atoms. The summed E-state index contributed by atoms with van der Waals surface area (Å²) in [6, 6.07) is 4.99. The molecule has 1 saturated carbocycles. The van der Waals surface area contributed by atoms with Crippen molar-refractivity contribution in [2.24, 2.45) is 5.92 Å². The Kier molecular flexibility index (Phi) is 2.95. The number of nitrogens with zero attached hydrogens (tertiary/aromatic N) is 3. The van der Waals surface area contributed by atoms with E-state index in [0.717, 1.165) is 24.8 Å². The fourth-order valence-corrected chi connectivity index (χ4v) is 4.54. The minimum absolute atomic E-state index is 0.117. The van der Waals surface area contributed by atoms with E-state index in [-0.39, 0.29) is 24.0 Å². The lowest BCUT2D eigenvalue weighted by atomic mass is 9.99. The van der Waals surface area contributed by atoms with Gasteiger partial charge in [0.05, 0.1) is 12.8 Å². The molecule has 128 valence electrons. The zero-order valence-electron chi connectivity index (χ0n) is 13.7. The molecule has 3 heterocycles. The van der Waals surface area contributed by atoms with Crippen molar-refractivity contribution in [1.82, 2.24) is 9.88 Å². The third-order valence-electron chi connectivity index (χ3n) is 5.62. The molecule has 3 aliphatic rings. The van der Waals surface area contributed by atoms with E-state index in [4.69, 9.17) is 9.15 Å². The molecule has 3 atom stereocenters. The molecule has 1 aromatic heterocycles. The second-order valence-corrected chi connectivity index (χ2v) is 6.79. The van der Waals surface area contributed by atoms with E-state index in [0.29, 0.717) is 23.0 Å². The Hall–Kier alpha value is -2.83. The van der Waals surface area contributed by atoms with Crippen LogP contribution in [-0.2, 0) is 4.79 Å². The van der Waals surface area contributed by atoms with Crippen molar-refractivity contribution in [3.8, 4) is 17.0 Å². The first-order valence-corrected chi connectivity index (χ1v) is 8.42. The van der Waals surface area contributed by atoms with Crippen LogP contribution in [0.25, 0.3) is 11.3 Å². The number of methoxy groups -OCH3 is 1. The maximum atomic E-state index is 12.9. The molecule has 25 heavy (non-hydrogen) atoms. The molecule has 2 saturated heterocycles. The Morgan fingerprint density at radius 3 is 2.88 bits per heavy atom. The number of carbonyl (C=O) groups excluding carboxylic acids is 2.